The van der Waals surface area contributed by atoms with Gasteiger partial charge in [0.25, 0.3) is 5.56 Å². The molecule has 1 saturated heterocycles. The fourth-order valence-electron chi connectivity index (χ4n) is 2.66. The lowest BCUT2D eigenvalue weighted by atomic mass is 10.00. The Labute approximate surface area is 129 Å². The molecule has 0 amide bonds. The lowest BCUT2D eigenvalue weighted by Gasteiger charge is -2.32. The number of aromatic nitrogens is 2. The minimum absolute atomic E-state index is 0.00235. The number of phosphoric ester groups is 1. The first kappa shape index (κ1) is 18.0. The van der Waals surface area contributed by atoms with Crippen LogP contribution in [-0.4, -0.2) is 54.5 Å². The standard InChI is InChI=1S/C11H17N2O9P/c1-2-11(13-4-3-7(15)12-10(13)17)9(16)8(6(5-14)21-11)22-23(18,19)20/h3-4,6,8-9,14,16H,2,5H2,1H3,(H,12,15,17)(H2,18,19,20)/t6-,8-,9-,11-/m1/s1. The highest BCUT2D eigenvalue weighted by Crippen LogP contribution is 2.46. The molecule has 12 heteroatoms. The second-order valence-electron chi connectivity index (χ2n) is 5.02. The van der Waals surface area contributed by atoms with E-state index in [1.54, 1.807) is 6.92 Å². The van der Waals surface area contributed by atoms with Crippen LogP contribution in [0.3, 0.4) is 0 Å². The largest absolute Gasteiger partial charge is 0.470 e. The third-order valence-electron chi connectivity index (χ3n) is 3.67. The molecule has 1 aliphatic rings. The van der Waals surface area contributed by atoms with Gasteiger partial charge < -0.3 is 24.7 Å². The highest BCUT2D eigenvalue weighted by Gasteiger charge is 2.57. The van der Waals surface area contributed by atoms with E-state index in [0.29, 0.717) is 0 Å². The number of nitrogens with one attached hydrogen (secondary N) is 1. The van der Waals surface area contributed by atoms with E-state index < -0.39 is 49.7 Å². The first-order chi connectivity index (χ1) is 10.6. The van der Waals surface area contributed by atoms with Crippen LogP contribution < -0.4 is 11.2 Å². The van der Waals surface area contributed by atoms with Crippen LogP contribution in [0.1, 0.15) is 13.3 Å². The summed E-state index contributed by atoms with van der Waals surface area (Å²) in [5.74, 6) is 0. The maximum absolute atomic E-state index is 12.0. The van der Waals surface area contributed by atoms with Crippen LogP contribution in [0.25, 0.3) is 0 Å². The monoisotopic (exact) mass is 352 g/mol. The summed E-state index contributed by atoms with van der Waals surface area (Å²) in [7, 11) is -4.98. The number of hydrogen-bond acceptors (Lipinski definition) is 7. The molecule has 23 heavy (non-hydrogen) atoms. The molecule has 0 spiro atoms. The summed E-state index contributed by atoms with van der Waals surface area (Å²) in [6.07, 6.45) is -3.45. The molecule has 0 saturated carbocycles. The molecule has 1 fully saturated rings. The van der Waals surface area contributed by atoms with Crippen molar-refractivity contribution < 1.29 is 33.8 Å². The van der Waals surface area contributed by atoms with Gasteiger partial charge in [0.05, 0.1) is 6.61 Å². The highest BCUT2D eigenvalue weighted by molar-refractivity contribution is 7.46. The summed E-state index contributed by atoms with van der Waals surface area (Å²) < 4.78 is 21.9. The lowest BCUT2D eigenvalue weighted by Crippen LogP contribution is -2.51. The van der Waals surface area contributed by atoms with Crippen LogP contribution in [0.15, 0.2) is 21.9 Å². The maximum atomic E-state index is 12.0. The van der Waals surface area contributed by atoms with Crippen LogP contribution in [0, 0.1) is 0 Å². The average molecular weight is 352 g/mol. The molecular weight excluding hydrogens is 335 g/mol. The molecule has 2 rings (SSSR count). The summed E-state index contributed by atoms with van der Waals surface area (Å²) in [6, 6.07) is 1.03. The molecule has 0 bridgehead atoms. The van der Waals surface area contributed by atoms with E-state index in [2.05, 4.69) is 4.52 Å². The smallest absolute Gasteiger partial charge is 0.394 e. The molecule has 2 heterocycles. The van der Waals surface area contributed by atoms with Gasteiger partial charge >= 0.3 is 13.5 Å². The predicted octanol–water partition coefficient (Wildman–Crippen LogP) is -2.17. The number of hydrogen-bond donors (Lipinski definition) is 5. The number of ether oxygens (including phenoxy) is 1. The normalized spacial score (nSPS) is 31.4. The number of aromatic amines is 1. The second kappa shape index (κ2) is 6.29. The van der Waals surface area contributed by atoms with Gasteiger partial charge in [-0.1, -0.05) is 6.92 Å². The number of aliphatic hydroxyl groups excluding tert-OH is 2. The van der Waals surface area contributed by atoms with E-state index in [-0.39, 0.29) is 6.42 Å². The molecular formula is C11H17N2O9P. The van der Waals surface area contributed by atoms with Crippen molar-refractivity contribution in [2.24, 2.45) is 0 Å². The summed E-state index contributed by atoms with van der Waals surface area (Å²) >= 11 is 0. The van der Waals surface area contributed by atoms with E-state index in [1.807, 2.05) is 4.98 Å². The zero-order valence-corrected chi connectivity index (χ0v) is 12.9. The van der Waals surface area contributed by atoms with Gasteiger partial charge in [0.15, 0.2) is 5.72 Å². The van der Waals surface area contributed by atoms with Gasteiger partial charge in [-0.05, 0) is 6.42 Å². The molecule has 0 aliphatic carbocycles. The third kappa shape index (κ3) is 3.31. The molecule has 11 nitrogen and oxygen atoms in total. The first-order valence-corrected chi connectivity index (χ1v) is 8.21. The number of phosphoric acid groups is 1. The Bertz CT molecular complexity index is 725. The Hall–Kier alpha value is -1.33. The zero-order valence-electron chi connectivity index (χ0n) is 12.0. The third-order valence-corrected chi connectivity index (χ3v) is 4.19. The van der Waals surface area contributed by atoms with E-state index in [4.69, 9.17) is 14.5 Å². The van der Waals surface area contributed by atoms with Crippen molar-refractivity contribution in [3.05, 3.63) is 33.1 Å². The summed E-state index contributed by atoms with van der Waals surface area (Å²) in [4.78, 5) is 43.0. The van der Waals surface area contributed by atoms with Crippen molar-refractivity contribution in [3.63, 3.8) is 0 Å². The van der Waals surface area contributed by atoms with Gasteiger partial charge in [0.2, 0.25) is 0 Å². The zero-order chi connectivity index (χ0) is 17.4. The lowest BCUT2D eigenvalue weighted by molar-refractivity contribution is -0.152. The fourth-order valence-corrected chi connectivity index (χ4v) is 3.23. The Kier molecular flexibility index (Phi) is 4.92. The molecule has 0 radical (unpaired) electrons. The van der Waals surface area contributed by atoms with E-state index in [0.717, 1.165) is 16.8 Å². The summed E-state index contributed by atoms with van der Waals surface area (Å²) in [6.45, 7) is 0.844. The van der Waals surface area contributed by atoms with E-state index >= 15 is 0 Å². The van der Waals surface area contributed by atoms with Crippen molar-refractivity contribution in [2.75, 3.05) is 6.61 Å². The number of nitrogens with zero attached hydrogens (tertiary/aromatic N) is 1. The SMILES string of the molecule is CC[C@@]1(n2ccc(=O)[nH]c2=O)O[C@H](CO)[C@@H](OP(=O)(O)O)[C@H]1O. The Morgan fingerprint density at radius 2 is 2.13 bits per heavy atom. The molecule has 1 aromatic rings. The van der Waals surface area contributed by atoms with Crippen LogP contribution in [0.2, 0.25) is 0 Å². The van der Waals surface area contributed by atoms with Gasteiger partial charge in [0.1, 0.15) is 18.3 Å². The first-order valence-electron chi connectivity index (χ1n) is 6.68. The van der Waals surface area contributed by atoms with Gasteiger partial charge in [-0.25, -0.2) is 9.36 Å². The Morgan fingerprint density at radius 1 is 1.48 bits per heavy atom. The van der Waals surface area contributed by atoms with Gasteiger partial charge in [-0.2, -0.15) is 0 Å². The molecule has 0 aromatic carbocycles. The minimum Gasteiger partial charge on any atom is -0.394 e. The van der Waals surface area contributed by atoms with Crippen molar-refractivity contribution in [3.8, 4) is 0 Å². The summed E-state index contributed by atoms with van der Waals surface area (Å²) in [5, 5.41) is 19.8. The molecule has 5 N–H and O–H groups in total. The predicted molar refractivity (Wildman–Crippen MR) is 74.5 cm³/mol. The van der Waals surface area contributed by atoms with E-state index in [9.17, 15) is 24.4 Å². The van der Waals surface area contributed by atoms with E-state index in [1.165, 1.54) is 0 Å². The van der Waals surface area contributed by atoms with Crippen molar-refractivity contribution in [1.29, 1.82) is 0 Å². The van der Waals surface area contributed by atoms with Crippen LogP contribution in [0.5, 0.6) is 0 Å². The van der Waals surface area contributed by atoms with Gasteiger partial charge in [-0.3, -0.25) is 18.9 Å². The maximum Gasteiger partial charge on any atom is 0.470 e. The van der Waals surface area contributed by atoms with Crippen molar-refractivity contribution in [2.45, 2.75) is 37.4 Å². The second-order valence-corrected chi connectivity index (χ2v) is 6.21. The van der Waals surface area contributed by atoms with Crippen LogP contribution in [0.4, 0.5) is 0 Å². The summed E-state index contributed by atoms with van der Waals surface area (Å²) in [5.41, 5.74) is -3.30. The van der Waals surface area contributed by atoms with Crippen LogP contribution >= 0.6 is 7.82 Å². The van der Waals surface area contributed by atoms with Crippen molar-refractivity contribution >= 4 is 7.82 Å². The van der Waals surface area contributed by atoms with Gasteiger partial charge in [-0.15, -0.1) is 0 Å². The fraction of sp³-hybridized carbons (Fsp3) is 0.636. The average Bonchev–Trinajstić information content (AvgIpc) is 2.71. The topological polar surface area (TPSA) is 171 Å². The van der Waals surface area contributed by atoms with Gasteiger partial charge in [0, 0.05) is 12.3 Å². The number of rotatable bonds is 5. The molecule has 4 atom stereocenters. The molecule has 0 unspecified atom stereocenters. The number of H-pyrrole nitrogens is 1. The quantitative estimate of drug-likeness (QED) is 0.370. The molecule has 1 aliphatic heterocycles. The Morgan fingerprint density at radius 3 is 2.61 bits per heavy atom. The highest BCUT2D eigenvalue weighted by atomic mass is 31.2. The molecule has 130 valence electrons. The minimum atomic E-state index is -4.98. The van der Waals surface area contributed by atoms with Crippen LogP contribution in [-0.2, 0) is 19.6 Å². The number of aliphatic hydroxyl groups is 2. The molecule has 1 aromatic heterocycles. The Balaban J connectivity index is 2.52. The van der Waals surface area contributed by atoms with Crippen molar-refractivity contribution in [1.82, 2.24) is 9.55 Å².